The summed E-state index contributed by atoms with van der Waals surface area (Å²) in [5.41, 5.74) is 1.42. The summed E-state index contributed by atoms with van der Waals surface area (Å²) < 4.78 is 13.8. The fraction of sp³-hybridized carbons (Fsp3) is 0.316. The summed E-state index contributed by atoms with van der Waals surface area (Å²) in [7, 11) is 0. The molecule has 1 fully saturated rings. The average molecular weight is 347 g/mol. The molecule has 0 radical (unpaired) electrons. The van der Waals surface area contributed by atoms with Gasteiger partial charge in [-0.3, -0.25) is 9.69 Å². The molecule has 1 atom stereocenters. The van der Waals surface area contributed by atoms with Gasteiger partial charge in [0.05, 0.1) is 11.6 Å². The topological polar surface area (TPSA) is 32.3 Å². The lowest BCUT2D eigenvalue weighted by atomic mass is 9.96. The van der Waals surface area contributed by atoms with Crippen LogP contribution in [-0.4, -0.2) is 23.9 Å². The molecule has 2 aromatic carbocycles. The van der Waals surface area contributed by atoms with Crippen LogP contribution in [0.15, 0.2) is 48.5 Å². The number of carbonyl (C=O) groups excluding carboxylic acids is 1. The van der Waals surface area contributed by atoms with E-state index in [0.29, 0.717) is 11.6 Å². The molecule has 126 valence electrons. The second-order valence-electron chi connectivity index (χ2n) is 6.17. The Morgan fingerprint density at radius 2 is 2.04 bits per heavy atom. The number of halogens is 2. The number of likely N-dealkylation sites (tertiary alicyclic amines) is 1. The SMILES string of the molecule is O=C(Nc1ccc(Cl)cc1F)[C@@H]1CCCN(Cc2ccccc2)C1. The van der Waals surface area contributed by atoms with Crippen molar-refractivity contribution in [3.8, 4) is 0 Å². The fourth-order valence-electron chi connectivity index (χ4n) is 3.08. The van der Waals surface area contributed by atoms with Crippen LogP contribution in [0.2, 0.25) is 5.02 Å². The van der Waals surface area contributed by atoms with E-state index in [1.165, 1.54) is 17.7 Å². The minimum absolute atomic E-state index is 0.127. The minimum atomic E-state index is -0.507. The highest BCUT2D eigenvalue weighted by molar-refractivity contribution is 6.30. The van der Waals surface area contributed by atoms with Crippen LogP contribution in [0.4, 0.5) is 10.1 Å². The normalized spacial score (nSPS) is 18.3. The largest absolute Gasteiger partial charge is 0.323 e. The number of hydrogen-bond donors (Lipinski definition) is 1. The van der Waals surface area contributed by atoms with E-state index in [4.69, 9.17) is 11.6 Å². The zero-order valence-corrected chi connectivity index (χ0v) is 14.1. The predicted molar refractivity (Wildman–Crippen MR) is 94.5 cm³/mol. The Balaban J connectivity index is 1.60. The van der Waals surface area contributed by atoms with Crippen LogP contribution in [0.5, 0.6) is 0 Å². The standard InChI is InChI=1S/C19H20ClFN2O/c20-16-8-9-18(17(21)11-16)22-19(24)15-7-4-10-23(13-15)12-14-5-2-1-3-6-14/h1-3,5-6,8-9,11,15H,4,7,10,12-13H2,(H,22,24)/t15-/m1/s1. The summed E-state index contributed by atoms with van der Waals surface area (Å²) in [6.45, 7) is 2.50. The number of nitrogens with zero attached hydrogens (tertiary/aromatic N) is 1. The molecule has 0 aromatic heterocycles. The molecule has 3 nitrogen and oxygen atoms in total. The van der Waals surface area contributed by atoms with E-state index in [2.05, 4.69) is 22.3 Å². The van der Waals surface area contributed by atoms with Crippen molar-refractivity contribution in [3.63, 3.8) is 0 Å². The summed E-state index contributed by atoms with van der Waals surface area (Å²) in [5, 5.41) is 3.01. The molecular formula is C19H20ClFN2O. The lowest BCUT2D eigenvalue weighted by molar-refractivity contribution is -0.121. The van der Waals surface area contributed by atoms with Gasteiger partial charge in [-0.2, -0.15) is 0 Å². The van der Waals surface area contributed by atoms with E-state index in [0.717, 1.165) is 25.9 Å². The molecule has 1 N–H and O–H groups in total. The quantitative estimate of drug-likeness (QED) is 0.893. The van der Waals surface area contributed by atoms with E-state index >= 15 is 0 Å². The van der Waals surface area contributed by atoms with Gasteiger partial charge in [0.2, 0.25) is 5.91 Å². The predicted octanol–water partition coefficient (Wildman–Crippen LogP) is 4.33. The molecule has 0 bridgehead atoms. The zero-order valence-electron chi connectivity index (χ0n) is 13.3. The lowest BCUT2D eigenvalue weighted by Gasteiger charge is -2.32. The van der Waals surface area contributed by atoms with Crippen molar-refractivity contribution >= 4 is 23.2 Å². The monoisotopic (exact) mass is 346 g/mol. The summed E-state index contributed by atoms with van der Waals surface area (Å²) in [6, 6.07) is 14.5. The summed E-state index contributed by atoms with van der Waals surface area (Å²) in [4.78, 5) is 14.7. The zero-order chi connectivity index (χ0) is 16.9. The van der Waals surface area contributed by atoms with E-state index in [1.807, 2.05) is 18.2 Å². The molecule has 0 spiro atoms. The Morgan fingerprint density at radius 1 is 1.25 bits per heavy atom. The highest BCUT2D eigenvalue weighted by atomic mass is 35.5. The second kappa shape index (κ2) is 7.77. The number of benzene rings is 2. The Morgan fingerprint density at radius 3 is 2.79 bits per heavy atom. The van der Waals surface area contributed by atoms with Gasteiger partial charge in [0.25, 0.3) is 0 Å². The number of nitrogens with one attached hydrogen (secondary N) is 1. The van der Waals surface area contributed by atoms with Crippen LogP contribution in [0, 0.1) is 11.7 Å². The molecule has 1 amide bonds. The first-order valence-electron chi connectivity index (χ1n) is 8.14. The Labute approximate surface area is 146 Å². The highest BCUT2D eigenvalue weighted by Crippen LogP contribution is 2.23. The smallest absolute Gasteiger partial charge is 0.228 e. The van der Waals surface area contributed by atoms with Gasteiger partial charge in [0.15, 0.2) is 0 Å². The van der Waals surface area contributed by atoms with Crippen molar-refractivity contribution in [2.24, 2.45) is 5.92 Å². The fourth-order valence-corrected chi connectivity index (χ4v) is 3.24. The Bertz CT molecular complexity index is 708. The Hall–Kier alpha value is -1.91. The van der Waals surface area contributed by atoms with Gasteiger partial charge >= 0.3 is 0 Å². The lowest BCUT2D eigenvalue weighted by Crippen LogP contribution is -2.40. The average Bonchev–Trinajstić information content (AvgIpc) is 2.58. The molecule has 24 heavy (non-hydrogen) atoms. The molecule has 1 aliphatic rings. The van der Waals surface area contributed by atoms with Gasteiger partial charge in [-0.1, -0.05) is 41.9 Å². The molecule has 1 heterocycles. The molecule has 0 saturated carbocycles. The maximum absolute atomic E-state index is 13.8. The number of carbonyl (C=O) groups is 1. The highest BCUT2D eigenvalue weighted by Gasteiger charge is 2.26. The number of rotatable bonds is 4. The van der Waals surface area contributed by atoms with Crippen molar-refractivity contribution in [3.05, 3.63) is 64.9 Å². The molecule has 1 saturated heterocycles. The summed E-state index contributed by atoms with van der Waals surface area (Å²) in [6.07, 6.45) is 1.79. The van der Waals surface area contributed by atoms with Crippen LogP contribution >= 0.6 is 11.6 Å². The van der Waals surface area contributed by atoms with Crippen LogP contribution < -0.4 is 5.32 Å². The number of hydrogen-bond acceptors (Lipinski definition) is 2. The van der Waals surface area contributed by atoms with Crippen molar-refractivity contribution in [2.45, 2.75) is 19.4 Å². The number of anilines is 1. The molecule has 0 aliphatic carbocycles. The maximum Gasteiger partial charge on any atom is 0.228 e. The maximum atomic E-state index is 13.8. The van der Waals surface area contributed by atoms with Gasteiger partial charge < -0.3 is 5.32 Å². The van der Waals surface area contributed by atoms with E-state index in [9.17, 15) is 9.18 Å². The first-order chi connectivity index (χ1) is 11.6. The third-order valence-corrected chi connectivity index (χ3v) is 4.55. The van der Waals surface area contributed by atoms with Crippen LogP contribution in [0.3, 0.4) is 0 Å². The van der Waals surface area contributed by atoms with E-state index < -0.39 is 5.82 Å². The van der Waals surface area contributed by atoms with Gasteiger partial charge in [0, 0.05) is 18.1 Å². The van der Waals surface area contributed by atoms with Crippen LogP contribution in [0.25, 0.3) is 0 Å². The van der Waals surface area contributed by atoms with Gasteiger partial charge in [-0.05, 0) is 43.1 Å². The first-order valence-corrected chi connectivity index (χ1v) is 8.52. The van der Waals surface area contributed by atoms with Crippen molar-refractivity contribution < 1.29 is 9.18 Å². The number of piperidine rings is 1. The van der Waals surface area contributed by atoms with Crippen LogP contribution in [-0.2, 0) is 11.3 Å². The second-order valence-corrected chi connectivity index (χ2v) is 6.61. The first kappa shape index (κ1) is 16.9. The third kappa shape index (κ3) is 4.34. The third-order valence-electron chi connectivity index (χ3n) is 4.31. The molecular weight excluding hydrogens is 327 g/mol. The molecule has 5 heteroatoms. The minimum Gasteiger partial charge on any atom is -0.323 e. The van der Waals surface area contributed by atoms with E-state index in [-0.39, 0.29) is 17.5 Å². The number of amides is 1. The van der Waals surface area contributed by atoms with E-state index in [1.54, 1.807) is 6.07 Å². The summed E-state index contributed by atoms with van der Waals surface area (Å²) >= 11 is 5.74. The molecule has 1 aliphatic heterocycles. The molecule has 0 unspecified atom stereocenters. The van der Waals surface area contributed by atoms with Crippen molar-refractivity contribution in [1.82, 2.24) is 4.90 Å². The molecule has 2 aromatic rings. The van der Waals surface area contributed by atoms with Crippen molar-refractivity contribution in [1.29, 1.82) is 0 Å². The van der Waals surface area contributed by atoms with Gasteiger partial charge in [0.1, 0.15) is 5.82 Å². The van der Waals surface area contributed by atoms with Gasteiger partial charge in [-0.25, -0.2) is 4.39 Å². The molecule has 3 rings (SSSR count). The van der Waals surface area contributed by atoms with Crippen molar-refractivity contribution in [2.75, 3.05) is 18.4 Å². The summed E-state index contributed by atoms with van der Waals surface area (Å²) in [5.74, 6) is -0.765. The van der Waals surface area contributed by atoms with Crippen LogP contribution in [0.1, 0.15) is 18.4 Å². The Kier molecular flexibility index (Phi) is 5.48. The van der Waals surface area contributed by atoms with Gasteiger partial charge in [-0.15, -0.1) is 0 Å².